The molecule has 2 aliphatic heterocycles. The van der Waals surface area contributed by atoms with E-state index in [0.717, 1.165) is 32.1 Å². The Morgan fingerprint density at radius 2 is 1.87 bits per heavy atom. The molecule has 0 amide bonds. The zero-order valence-electron chi connectivity index (χ0n) is 21.5. The summed E-state index contributed by atoms with van der Waals surface area (Å²) >= 11 is 0. The van der Waals surface area contributed by atoms with E-state index in [4.69, 9.17) is 0 Å². The average molecular weight is 518 g/mol. The lowest BCUT2D eigenvalue weighted by molar-refractivity contribution is 0.200. The molecule has 0 radical (unpaired) electrons. The molecular formula is C28H29F2N7O. The highest BCUT2D eigenvalue weighted by atomic mass is 19.1. The summed E-state index contributed by atoms with van der Waals surface area (Å²) in [5, 5.41) is 23.1. The molecule has 196 valence electrons. The van der Waals surface area contributed by atoms with Gasteiger partial charge in [-0.05, 0) is 82.6 Å². The normalized spacial score (nSPS) is 18.2. The van der Waals surface area contributed by atoms with Gasteiger partial charge < -0.3 is 20.2 Å². The molecule has 10 heteroatoms. The number of benzene rings is 1. The van der Waals surface area contributed by atoms with Crippen LogP contribution in [0.15, 0.2) is 42.2 Å². The van der Waals surface area contributed by atoms with E-state index in [1.54, 1.807) is 6.07 Å². The van der Waals surface area contributed by atoms with Gasteiger partial charge in [-0.25, -0.2) is 23.7 Å². The van der Waals surface area contributed by atoms with E-state index in [2.05, 4.69) is 32.2 Å². The van der Waals surface area contributed by atoms with Crippen molar-refractivity contribution in [2.45, 2.75) is 44.9 Å². The number of rotatable bonds is 5. The van der Waals surface area contributed by atoms with Crippen LogP contribution in [0.2, 0.25) is 0 Å². The highest BCUT2D eigenvalue weighted by Crippen LogP contribution is 2.38. The van der Waals surface area contributed by atoms with Gasteiger partial charge in [0.15, 0.2) is 12.0 Å². The molecular weight excluding hydrogens is 488 g/mol. The van der Waals surface area contributed by atoms with Crippen LogP contribution in [-0.2, 0) is 0 Å². The van der Waals surface area contributed by atoms with Gasteiger partial charge in [-0.15, -0.1) is 0 Å². The Morgan fingerprint density at radius 1 is 1.11 bits per heavy atom. The summed E-state index contributed by atoms with van der Waals surface area (Å²) in [5.74, 6) is -0.267. The van der Waals surface area contributed by atoms with E-state index in [-0.39, 0.29) is 34.4 Å². The number of aliphatic hydroxyl groups excluding tert-OH is 1. The minimum Gasteiger partial charge on any atom is -0.369 e. The molecule has 4 heterocycles. The second kappa shape index (κ2) is 10.4. The molecule has 2 aliphatic rings. The van der Waals surface area contributed by atoms with E-state index < -0.39 is 17.9 Å². The fourth-order valence-corrected chi connectivity index (χ4v) is 5.07. The Hall–Kier alpha value is -3.94. The Labute approximate surface area is 220 Å². The van der Waals surface area contributed by atoms with Crippen molar-refractivity contribution in [1.82, 2.24) is 19.9 Å². The third kappa shape index (κ3) is 4.95. The Morgan fingerprint density at radius 3 is 2.53 bits per heavy atom. The number of nitrogens with zero attached hydrogens (tertiary/aromatic N) is 6. The molecule has 1 atom stereocenters. The summed E-state index contributed by atoms with van der Waals surface area (Å²) in [6.07, 6.45) is 5.13. The summed E-state index contributed by atoms with van der Waals surface area (Å²) in [6.45, 7) is 5.75. The molecule has 2 aromatic heterocycles. The Bertz CT molecular complexity index is 1410. The number of piperidine rings is 1. The van der Waals surface area contributed by atoms with Crippen LogP contribution < -0.4 is 10.2 Å². The SMILES string of the molecule is CC(C)N1c2cc(-c3nc(Nc4ccc(C5CCN(C)CC5)cn4)ncc3F)cc(F)c2C=C(C#N)C1O. The van der Waals surface area contributed by atoms with Gasteiger partial charge in [0.1, 0.15) is 17.3 Å². The highest BCUT2D eigenvalue weighted by Gasteiger charge is 2.31. The van der Waals surface area contributed by atoms with E-state index in [1.807, 2.05) is 38.2 Å². The summed E-state index contributed by atoms with van der Waals surface area (Å²) in [7, 11) is 2.13. The van der Waals surface area contributed by atoms with Gasteiger partial charge in [0.05, 0.1) is 23.5 Å². The molecule has 0 aliphatic carbocycles. The van der Waals surface area contributed by atoms with Crippen molar-refractivity contribution in [2.24, 2.45) is 0 Å². The predicted molar refractivity (Wildman–Crippen MR) is 142 cm³/mol. The summed E-state index contributed by atoms with van der Waals surface area (Å²) in [4.78, 5) is 16.7. The topological polar surface area (TPSA) is 101 Å². The largest absolute Gasteiger partial charge is 0.369 e. The van der Waals surface area contributed by atoms with Gasteiger partial charge in [0.2, 0.25) is 5.95 Å². The van der Waals surface area contributed by atoms with Gasteiger partial charge in [-0.3, -0.25) is 0 Å². The maximum absolute atomic E-state index is 15.2. The van der Waals surface area contributed by atoms with Crippen LogP contribution in [0.4, 0.5) is 26.2 Å². The lowest BCUT2D eigenvalue weighted by Crippen LogP contribution is -2.43. The second-order valence-electron chi connectivity index (χ2n) is 10.0. The summed E-state index contributed by atoms with van der Waals surface area (Å²) in [5.41, 5.74) is 1.80. The Kier molecular flexibility index (Phi) is 7.06. The van der Waals surface area contributed by atoms with Gasteiger partial charge in [-0.2, -0.15) is 5.26 Å². The number of likely N-dealkylation sites (tertiary alicyclic amines) is 1. The maximum atomic E-state index is 15.2. The first kappa shape index (κ1) is 25.7. The van der Waals surface area contributed by atoms with Gasteiger partial charge in [0, 0.05) is 23.4 Å². The fourth-order valence-electron chi connectivity index (χ4n) is 5.07. The second-order valence-corrected chi connectivity index (χ2v) is 10.0. The maximum Gasteiger partial charge on any atom is 0.229 e. The van der Waals surface area contributed by atoms with Crippen molar-refractivity contribution < 1.29 is 13.9 Å². The van der Waals surface area contributed by atoms with Gasteiger partial charge in [-0.1, -0.05) is 6.07 Å². The van der Waals surface area contributed by atoms with E-state index >= 15 is 4.39 Å². The van der Waals surface area contributed by atoms with Crippen molar-refractivity contribution in [2.75, 3.05) is 30.4 Å². The monoisotopic (exact) mass is 517 g/mol. The number of anilines is 3. The number of hydrogen-bond donors (Lipinski definition) is 2. The standard InChI is InChI=1S/C28H29F2N7O/c1-16(2)37-24-12-19(11-22(29)21(24)10-20(13-31)27(37)38)26-23(30)15-33-28(35-26)34-25-5-4-18(14-32-25)17-6-8-36(3)9-7-17/h4-5,10-12,14-17,27,38H,6-9H2,1-3H3,(H,32,33,34,35). The molecule has 1 aromatic carbocycles. The van der Waals surface area contributed by atoms with Crippen LogP contribution in [0, 0.1) is 23.0 Å². The average Bonchev–Trinajstić information content (AvgIpc) is 2.90. The van der Waals surface area contributed by atoms with Crippen LogP contribution in [0.5, 0.6) is 0 Å². The molecule has 1 saturated heterocycles. The molecule has 0 spiro atoms. The summed E-state index contributed by atoms with van der Waals surface area (Å²) in [6, 6.07) is 8.28. The molecule has 2 N–H and O–H groups in total. The van der Waals surface area contributed by atoms with Crippen LogP contribution in [-0.4, -0.2) is 57.4 Å². The smallest absolute Gasteiger partial charge is 0.229 e. The zero-order valence-corrected chi connectivity index (χ0v) is 21.5. The van der Waals surface area contributed by atoms with Crippen LogP contribution in [0.3, 0.4) is 0 Å². The van der Waals surface area contributed by atoms with Crippen molar-refractivity contribution >= 4 is 23.5 Å². The predicted octanol–water partition coefficient (Wildman–Crippen LogP) is 4.82. The molecule has 1 fully saturated rings. The van der Waals surface area contributed by atoms with Crippen molar-refractivity contribution in [3.05, 3.63) is 65.0 Å². The number of aromatic nitrogens is 3. The minimum absolute atomic E-state index is 0.0342. The minimum atomic E-state index is -1.24. The Balaban J connectivity index is 1.44. The van der Waals surface area contributed by atoms with Crippen LogP contribution in [0.1, 0.15) is 43.7 Å². The molecule has 8 nitrogen and oxygen atoms in total. The number of pyridine rings is 1. The number of fused-ring (bicyclic) bond motifs is 1. The number of halogens is 2. The number of hydrogen-bond acceptors (Lipinski definition) is 8. The third-order valence-electron chi connectivity index (χ3n) is 7.15. The van der Waals surface area contributed by atoms with Gasteiger partial charge >= 0.3 is 0 Å². The van der Waals surface area contributed by atoms with E-state index in [0.29, 0.717) is 17.4 Å². The van der Waals surface area contributed by atoms with Crippen molar-refractivity contribution in [3.8, 4) is 17.3 Å². The molecule has 5 rings (SSSR count). The first-order valence-electron chi connectivity index (χ1n) is 12.6. The first-order valence-corrected chi connectivity index (χ1v) is 12.6. The first-order chi connectivity index (χ1) is 18.2. The molecule has 38 heavy (non-hydrogen) atoms. The molecule has 1 unspecified atom stereocenters. The fraction of sp³-hybridized carbons (Fsp3) is 0.357. The highest BCUT2D eigenvalue weighted by molar-refractivity contribution is 5.81. The van der Waals surface area contributed by atoms with Gasteiger partial charge in [0.25, 0.3) is 0 Å². The van der Waals surface area contributed by atoms with E-state index in [9.17, 15) is 14.8 Å². The van der Waals surface area contributed by atoms with E-state index in [1.165, 1.54) is 22.6 Å². The van der Waals surface area contributed by atoms with Crippen molar-refractivity contribution in [3.63, 3.8) is 0 Å². The lowest BCUT2D eigenvalue weighted by Gasteiger charge is -2.37. The van der Waals surface area contributed by atoms with Crippen LogP contribution in [0.25, 0.3) is 17.3 Å². The number of aliphatic hydroxyl groups is 1. The quantitative estimate of drug-likeness (QED) is 0.497. The van der Waals surface area contributed by atoms with Crippen molar-refractivity contribution in [1.29, 1.82) is 5.26 Å². The van der Waals surface area contributed by atoms with Crippen LogP contribution >= 0.6 is 0 Å². The molecule has 3 aromatic rings. The zero-order chi connectivity index (χ0) is 27.0. The number of nitrogens with one attached hydrogen (secondary N) is 1. The third-order valence-corrected chi connectivity index (χ3v) is 7.15. The lowest BCUT2D eigenvalue weighted by atomic mass is 9.91. The molecule has 0 bridgehead atoms. The molecule has 0 saturated carbocycles. The summed E-state index contributed by atoms with van der Waals surface area (Å²) < 4.78 is 30.1. The number of nitriles is 1.